The summed E-state index contributed by atoms with van der Waals surface area (Å²) in [5, 5.41) is 1.12. The minimum absolute atomic E-state index is 0.00764. The first-order valence-electron chi connectivity index (χ1n) is 4.55. The standard InChI is InChI=1S/C12H9ClF2/c1-6-3-8-5-10(14)7(2)12(15)11(8)9(13)4-6/h3-5H,1-2H3. The van der Waals surface area contributed by atoms with Crippen LogP contribution in [0, 0.1) is 25.5 Å². The van der Waals surface area contributed by atoms with Gasteiger partial charge in [-0.1, -0.05) is 17.7 Å². The smallest absolute Gasteiger partial charge is 0.138 e. The molecule has 0 nitrogen and oxygen atoms in total. The molecule has 0 spiro atoms. The molecule has 2 aromatic rings. The number of fused-ring (bicyclic) bond motifs is 1. The highest BCUT2D eigenvalue weighted by Gasteiger charge is 2.12. The summed E-state index contributed by atoms with van der Waals surface area (Å²) < 4.78 is 27.0. The van der Waals surface area contributed by atoms with Gasteiger partial charge in [-0.15, -0.1) is 0 Å². The molecule has 0 aromatic heterocycles. The Bertz CT molecular complexity index is 547. The van der Waals surface area contributed by atoms with E-state index in [-0.39, 0.29) is 5.56 Å². The van der Waals surface area contributed by atoms with E-state index in [9.17, 15) is 8.78 Å². The maximum atomic E-state index is 13.7. The van der Waals surface area contributed by atoms with Gasteiger partial charge in [-0.3, -0.25) is 0 Å². The molecular formula is C12H9ClF2. The van der Waals surface area contributed by atoms with E-state index in [1.165, 1.54) is 13.0 Å². The largest absolute Gasteiger partial charge is 0.207 e. The fourth-order valence-electron chi connectivity index (χ4n) is 1.65. The normalized spacial score (nSPS) is 11.0. The van der Waals surface area contributed by atoms with E-state index in [0.717, 1.165) is 5.56 Å². The third-order valence-electron chi connectivity index (χ3n) is 2.45. The van der Waals surface area contributed by atoms with Crippen LogP contribution in [-0.4, -0.2) is 0 Å². The van der Waals surface area contributed by atoms with Gasteiger partial charge in [-0.25, -0.2) is 8.78 Å². The molecule has 0 fully saturated rings. The molecule has 0 radical (unpaired) electrons. The SMILES string of the molecule is Cc1cc(Cl)c2c(F)c(C)c(F)cc2c1. The molecule has 0 N–H and O–H groups in total. The Morgan fingerprint density at radius 1 is 1.07 bits per heavy atom. The Kier molecular flexibility index (Phi) is 2.39. The predicted molar refractivity (Wildman–Crippen MR) is 58.3 cm³/mol. The first kappa shape index (κ1) is 10.4. The molecule has 0 aliphatic rings. The van der Waals surface area contributed by atoms with E-state index in [4.69, 9.17) is 11.6 Å². The molecule has 0 aliphatic heterocycles. The molecule has 0 atom stereocenters. The van der Waals surface area contributed by atoms with Crippen LogP contribution in [0.5, 0.6) is 0 Å². The lowest BCUT2D eigenvalue weighted by Gasteiger charge is -2.07. The Hall–Kier alpha value is -1.15. The van der Waals surface area contributed by atoms with Crippen LogP contribution in [0.4, 0.5) is 8.78 Å². The van der Waals surface area contributed by atoms with Crippen molar-refractivity contribution in [3.05, 3.63) is 46.0 Å². The molecule has 0 heterocycles. The number of aryl methyl sites for hydroxylation is 1. The summed E-state index contributed by atoms with van der Waals surface area (Å²) in [7, 11) is 0. The first-order chi connectivity index (χ1) is 7.00. The van der Waals surface area contributed by atoms with Gasteiger partial charge >= 0.3 is 0 Å². The zero-order valence-electron chi connectivity index (χ0n) is 8.37. The second kappa shape index (κ2) is 3.46. The summed E-state index contributed by atoms with van der Waals surface area (Å²) in [6.07, 6.45) is 0. The summed E-state index contributed by atoms with van der Waals surface area (Å²) in [5.41, 5.74) is 0.892. The number of hydrogen-bond acceptors (Lipinski definition) is 0. The van der Waals surface area contributed by atoms with Crippen molar-refractivity contribution >= 4 is 22.4 Å². The summed E-state index contributed by atoms with van der Waals surface area (Å²) in [5.74, 6) is -1.11. The van der Waals surface area contributed by atoms with Crippen LogP contribution in [-0.2, 0) is 0 Å². The summed E-state index contributed by atoms with van der Waals surface area (Å²) >= 11 is 5.93. The lowest BCUT2D eigenvalue weighted by molar-refractivity contribution is 0.577. The lowest BCUT2D eigenvalue weighted by Crippen LogP contribution is -1.92. The van der Waals surface area contributed by atoms with Gasteiger partial charge in [0.15, 0.2) is 0 Å². The average molecular weight is 227 g/mol. The predicted octanol–water partition coefficient (Wildman–Crippen LogP) is 4.39. The molecule has 0 saturated heterocycles. The molecule has 0 saturated carbocycles. The molecule has 2 rings (SSSR count). The summed E-state index contributed by atoms with van der Waals surface area (Å²) in [6.45, 7) is 3.24. The van der Waals surface area contributed by atoms with Crippen LogP contribution >= 0.6 is 11.6 Å². The van der Waals surface area contributed by atoms with E-state index < -0.39 is 11.6 Å². The zero-order chi connectivity index (χ0) is 11.2. The van der Waals surface area contributed by atoms with Crippen LogP contribution in [0.3, 0.4) is 0 Å². The second-order valence-electron chi connectivity index (χ2n) is 3.64. The van der Waals surface area contributed by atoms with Crippen molar-refractivity contribution in [2.24, 2.45) is 0 Å². The fourth-order valence-corrected chi connectivity index (χ4v) is 2.02. The van der Waals surface area contributed by atoms with Crippen molar-refractivity contribution in [3.63, 3.8) is 0 Å². The molecule has 0 unspecified atom stereocenters. The summed E-state index contributed by atoms with van der Waals surface area (Å²) in [4.78, 5) is 0. The number of rotatable bonds is 0. The Morgan fingerprint density at radius 3 is 2.40 bits per heavy atom. The molecule has 78 valence electrons. The van der Waals surface area contributed by atoms with Crippen molar-refractivity contribution in [2.75, 3.05) is 0 Å². The van der Waals surface area contributed by atoms with Crippen molar-refractivity contribution < 1.29 is 8.78 Å². The van der Waals surface area contributed by atoms with Crippen molar-refractivity contribution in [2.45, 2.75) is 13.8 Å². The van der Waals surface area contributed by atoms with Gasteiger partial charge in [0.05, 0.1) is 5.02 Å². The minimum Gasteiger partial charge on any atom is -0.207 e. The van der Waals surface area contributed by atoms with Crippen molar-refractivity contribution in [1.82, 2.24) is 0 Å². The highest BCUT2D eigenvalue weighted by molar-refractivity contribution is 6.35. The van der Waals surface area contributed by atoms with Crippen LogP contribution in [0.1, 0.15) is 11.1 Å². The molecular weight excluding hydrogens is 218 g/mol. The quantitative estimate of drug-likeness (QED) is 0.625. The van der Waals surface area contributed by atoms with Gasteiger partial charge in [0.25, 0.3) is 0 Å². The Labute approximate surface area is 91.5 Å². The monoisotopic (exact) mass is 226 g/mol. The maximum Gasteiger partial charge on any atom is 0.138 e. The Morgan fingerprint density at radius 2 is 1.73 bits per heavy atom. The first-order valence-corrected chi connectivity index (χ1v) is 4.93. The van der Waals surface area contributed by atoms with Crippen LogP contribution < -0.4 is 0 Å². The molecule has 3 heteroatoms. The van der Waals surface area contributed by atoms with Crippen LogP contribution in [0.15, 0.2) is 18.2 Å². The molecule has 0 amide bonds. The van der Waals surface area contributed by atoms with E-state index >= 15 is 0 Å². The van der Waals surface area contributed by atoms with Crippen LogP contribution in [0.25, 0.3) is 10.8 Å². The third-order valence-corrected chi connectivity index (χ3v) is 2.75. The van der Waals surface area contributed by atoms with Crippen LogP contribution in [0.2, 0.25) is 5.02 Å². The zero-order valence-corrected chi connectivity index (χ0v) is 9.12. The van der Waals surface area contributed by atoms with Gasteiger partial charge in [-0.05, 0) is 36.9 Å². The minimum atomic E-state index is -0.574. The maximum absolute atomic E-state index is 13.7. The average Bonchev–Trinajstić information content (AvgIpc) is 2.13. The third kappa shape index (κ3) is 1.59. The molecule has 0 bridgehead atoms. The van der Waals surface area contributed by atoms with Gasteiger partial charge in [0.1, 0.15) is 11.6 Å². The van der Waals surface area contributed by atoms with E-state index in [2.05, 4.69) is 0 Å². The van der Waals surface area contributed by atoms with E-state index in [0.29, 0.717) is 15.8 Å². The van der Waals surface area contributed by atoms with E-state index in [1.54, 1.807) is 12.1 Å². The molecule has 15 heavy (non-hydrogen) atoms. The fraction of sp³-hybridized carbons (Fsp3) is 0.167. The van der Waals surface area contributed by atoms with E-state index in [1.807, 2.05) is 6.92 Å². The number of benzene rings is 2. The van der Waals surface area contributed by atoms with Gasteiger partial charge in [-0.2, -0.15) is 0 Å². The second-order valence-corrected chi connectivity index (χ2v) is 4.05. The highest BCUT2D eigenvalue weighted by atomic mass is 35.5. The molecule has 0 aliphatic carbocycles. The van der Waals surface area contributed by atoms with Gasteiger partial charge in [0.2, 0.25) is 0 Å². The molecule has 2 aromatic carbocycles. The van der Waals surface area contributed by atoms with Crippen molar-refractivity contribution in [3.8, 4) is 0 Å². The topological polar surface area (TPSA) is 0 Å². The van der Waals surface area contributed by atoms with Gasteiger partial charge < -0.3 is 0 Å². The lowest BCUT2D eigenvalue weighted by atomic mass is 10.0. The number of halogens is 3. The van der Waals surface area contributed by atoms with Crippen molar-refractivity contribution in [1.29, 1.82) is 0 Å². The number of hydrogen-bond donors (Lipinski definition) is 0. The highest BCUT2D eigenvalue weighted by Crippen LogP contribution is 2.30. The Balaban J connectivity index is 2.99. The summed E-state index contributed by atoms with van der Waals surface area (Å²) in [6, 6.07) is 4.70. The van der Waals surface area contributed by atoms with Gasteiger partial charge in [0, 0.05) is 10.9 Å².